The second kappa shape index (κ2) is 6.37. The van der Waals surface area contributed by atoms with Crippen LogP contribution in [0.4, 0.5) is 0 Å². The Hall–Kier alpha value is -1.39. The van der Waals surface area contributed by atoms with Crippen molar-refractivity contribution in [2.75, 3.05) is 34.9 Å². The smallest absolute Gasteiger partial charge is 0.254 e. The van der Waals surface area contributed by atoms with Gasteiger partial charge in [-0.1, -0.05) is 18.2 Å². The van der Waals surface area contributed by atoms with Crippen LogP contribution in [0.25, 0.3) is 0 Å². The summed E-state index contributed by atoms with van der Waals surface area (Å²) in [6.45, 7) is 1.05. The van der Waals surface area contributed by atoms with Gasteiger partial charge in [0.15, 0.2) is 0 Å². The Morgan fingerprint density at radius 1 is 1.24 bits per heavy atom. The van der Waals surface area contributed by atoms with Gasteiger partial charge in [-0.2, -0.15) is 0 Å². The number of carbonyl (C=O) groups is 1. The minimum Gasteiger partial charge on any atom is -0.380 e. The van der Waals surface area contributed by atoms with Crippen molar-refractivity contribution >= 4 is 5.91 Å². The Kier molecular flexibility index (Phi) is 5.12. The summed E-state index contributed by atoms with van der Waals surface area (Å²) < 4.78 is 5.10. The average molecular weight is 236 g/mol. The first kappa shape index (κ1) is 13.7. The molecule has 0 saturated carbocycles. The number of methoxy groups -OCH3 is 1. The van der Waals surface area contributed by atoms with Gasteiger partial charge < -0.3 is 9.64 Å². The molecule has 0 fully saturated rings. The predicted octanol–water partition coefficient (Wildman–Crippen LogP) is 1.42. The van der Waals surface area contributed by atoms with Gasteiger partial charge in [0.1, 0.15) is 0 Å². The standard InChI is InChI=1S/C13H20N2O2/c1-14(2)10-15(3)13(16)12-8-6-5-7-11(12)9-17-4/h5-8H,9-10H2,1-4H3. The SMILES string of the molecule is COCc1ccccc1C(=O)N(C)CN(C)C. The van der Waals surface area contributed by atoms with Crippen molar-refractivity contribution < 1.29 is 9.53 Å². The summed E-state index contributed by atoms with van der Waals surface area (Å²) in [6.07, 6.45) is 0. The van der Waals surface area contributed by atoms with Gasteiger partial charge in [0, 0.05) is 19.7 Å². The first-order chi connectivity index (χ1) is 8.06. The molecule has 0 aromatic heterocycles. The van der Waals surface area contributed by atoms with Crippen molar-refractivity contribution in [3.63, 3.8) is 0 Å². The molecule has 1 rings (SSSR count). The van der Waals surface area contributed by atoms with Crippen LogP contribution in [0.3, 0.4) is 0 Å². The van der Waals surface area contributed by atoms with E-state index in [-0.39, 0.29) is 5.91 Å². The third-order valence-electron chi connectivity index (χ3n) is 2.39. The molecule has 0 N–H and O–H groups in total. The predicted molar refractivity (Wildman–Crippen MR) is 67.8 cm³/mol. The summed E-state index contributed by atoms with van der Waals surface area (Å²) >= 11 is 0. The molecule has 0 spiro atoms. The molecular formula is C13H20N2O2. The fourth-order valence-electron chi connectivity index (χ4n) is 1.70. The number of hydrogen-bond acceptors (Lipinski definition) is 3. The molecule has 0 aliphatic carbocycles. The number of amides is 1. The van der Waals surface area contributed by atoms with Gasteiger partial charge in [0.05, 0.1) is 13.3 Å². The van der Waals surface area contributed by atoms with E-state index in [4.69, 9.17) is 4.74 Å². The van der Waals surface area contributed by atoms with Crippen LogP contribution in [-0.4, -0.2) is 50.6 Å². The van der Waals surface area contributed by atoms with E-state index in [9.17, 15) is 4.79 Å². The molecule has 0 aliphatic rings. The third kappa shape index (κ3) is 3.84. The number of nitrogens with zero attached hydrogens (tertiary/aromatic N) is 2. The van der Waals surface area contributed by atoms with Gasteiger partial charge in [-0.3, -0.25) is 9.69 Å². The van der Waals surface area contributed by atoms with Gasteiger partial charge in [-0.05, 0) is 25.7 Å². The molecule has 0 aliphatic heterocycles. The largest absolute Gasteiger partial charge is 0.380 e. The van der Waals surface area contributed by atoms with E-state index >= 15 is 0 Å². The minimum absolute atomic E-state index is 0.0198. The van der Waals surface area contributed by atoms with E-state index in [1.165, 1.54) is 0 Å². The highest BCUT2D eigenvalue weighted by atomic mass is 16.5. The highest BCUT2D eigenvalue weighted by Crippen LogP contribution is 2.12. The van der Waals surface area contributed by atoms with Crippen molar-refractivity contribution in [1.82, 2.24) is 9.80 Å². The molecule has 1 amide bonds. The maximum absolute atomic E-state index is 12.2. The van der Waals surface area contributed by atoms with E-state index < -0.39 is 0 Å². The maximum atomic E-state index is 12.2. The normalized spacial score (nSPS) is 10.6. The van der Waals surface area contributed by atoms with Crippen molar-refractivity contribution in [3.05, 3.63) is 35.4 Å². The van der Waals surface area contributed by atoms with Gasteiger partial charge in [-0.25, -0.2) is 0 Å². The van der Waals surface area contributed by atoms with Crippen molar-refractivity contribution in [2.24, 2.45) is 0 Å². The Morgan fingerprint density at radius 2 is 1.88 bits per heavy atom. The second-order valence-electron chi connectivity index (χ2n) is 4.31. The van der Waals surface area contributed by atoms with Crippen LogP contribution in [0.2, 0.25) is 0 Å². The third-order valence-corrected chi connectivity index (χ3v) is 2.39. The first-order valence-electron chi connectivity index (χ1n) is 5.53. The van der Waals surface area contributed by atoms with E-state index in [1.54, 1.807) is 19.1 Å². The number of carbonyl (C=O) groups excluding carboxylic acids is 1. The van der Waals surface area contributed by atoms with Crippen LogP contribution in [-0.2, 0) is 11.3 Å². The quantitative estimate of drug-likeness (QED) is 0.725. The van der Waals surface area contributed by atoms with E-state index in [2.05, 4.69) is 0 Å². The van der Waals surface area contributed by atoms with Crippen molar-refractivity contribution in [2.45, 2.75) is 6.61 Å². The summed E-state index contributed by atoms with van der Waals surface area (Å²) in [4.78, 5) is 15.9. The molecular weight excluding hydrogens is 216 g/mol. The second-order valence-corrected chi connectivity index (χ2v) is 4.31. The fourth-order valence-corrected chi connectivity index (χ4v) is 1.70. The van der Waals surface area contributed by atoms with E-state index in [0.29, 0.717) is 18.8 Å². The topological polar surface area (TPSA) is 32.8 Å². The Morgan fingerprint density at radius 3 is 2.47 bits per heavy atom. The van der Waals surface area contributed by atoms with Gasteiger partial charge >= 0.3 is 0 Å². The van der Waals surface area contributed by atoms with E-state index in [0.717, 1.165) is 5.56 Å². The maximum Gasteiger partial charge on any atom is 0.254 e. The van der Waals surface area contributed by atoms with Crippen molar-refractivity contribution in [1.29, 1.82) is 0 Å². The lowest BCUT2D eigenvalue weighted by Crippen LogP contribution is -2.35. The van der Waals surface area contributed by atoms with Gasteiger partial charge in [0.2, 0.25) is 0 Å². The first-order valence-corrected chi connectivity index (χ1v) is 5.53. The molecule has 0 heterocycles. The van der Waals surface area contributed by atoms with Crippen LogP contribution in [0, 0.1) is 0 Å². The zero-order valence-corrected chi connectivity index (χ0v) is 10.9. The number of benzene rings is 1. The van der Waals surface area contributed by atoms with Gasteiger partial charge in [-0.15, -0.1) is 0 Å². The molecule has 0 radical (unpaired) electrons. The van der Waals surface area contributed by atoms with Crippen LogP contribution in [0.5, 0.6) is 0 Å². The molecule has 0 bridgehead atoms. The summed E-state index contributed by atoms with van der Waals surface area (Å²) in [6, 6.07) is 7.54. The lowest BCUT2D eigenvalue weighted by Gasteiger charge is -2.22. The minimum atomic E-state index is 0.0198. The summed E-state index contributed by atoms with van der Waals surface area (Å²) in [7, 11) is 7.30. The highest BCUT2D eigenvalue weighted by Gasteiger charge is 2.15. The van der Waals surface area contributed by atoms with Crippen LogP contribution in [0.1, 0.15) is 15.9 Å². The van der Waals surface area contributed by atoms with Gasteiger partial charge in [0.25, 0.3) is 5.91 Å². The molecule has 1 aromatic carbocycles. The fraction of sp³-hybridized carbons (Fsp3) is 0.462. The Bertz CT molecular complexity index is 377. The molecule has 17 heavy (non-hydrogen) atoms. The highest BCUT2D eigenvalue weighted by molar-refractivity contribution is 5.95. The number of ether oxygens (including phenoxy) is 1. The summed E-state index contributed by atoms with van der Waals surface area (Å²) in [5, 5.41) is 0. The number of rotatable bonds is 5. The lowest BCUT2D eigenvalue weighted by atomic mass is 10.1. The lowest BCUT2D eigenvalue weighted by molar-refractivity contribution is 0.0725. The average Bonchev–Trinajstić information content (AvgIpc) is 2.28. The Labute approximate surface area is 103 Å². The monoisotopic (exact) mass is 236 g/mol. The zero-order valence-electron chi connectivity index (χ0n) is 10.9. The molecule has 4 nitrogen and oxygen atoms in total. The number of hydrogen-bond donors (Lipinski definition) is 0. The molecule has 1 aromatic rings. The van der Waals surface area contributed by atoms with E-state index in [1.807, 2.05) is 43.3 Å². The Balaban J connectivity index is 2.87. The zero-order chi connectivity index (χ0) is 12.8. The molecule has 0 saturated heterocycles. The van der Waals surface area contributed by atoms with Crippen LogP contribution < -0.4 is 0 Å². The van der Waals surface area contributed by atoms with Crippen LogP contribution >= 0.6 is 0 Å². The summed E-state index contributed by atoms with van der Waals surface area (Å²) in [5.74, 6) is 0.0198. The molecule has 94 valence electrons. The van der Waals surface area contributed by atoms with Crippen LogP contribution in [0.15, 0.2) is 24.3 Å². The molecule has 4 heteroatoms. The molecule has 0 atom stereocenters. The summed E-state index contributed by atoms with van der Waals surface area (Å²) in [5.41, 5.74) is 1.63. The van der Waals surface area contributed by atoms with Crippen molar-refractivity contribution in [3.8, 4) is 0 Å². The molecule has 0 unspecified atom stereocenters.